The molecule has 2 atom stereocenters. The molecule has 204 valence electrons. The van der Waals surface area contributed by atoms with Crippen LogP contribution in [-0.2, 0) is 4.74 Å². The van der Waals surface area contributed by atoms with Crippen LogP contribution in [0.4, 0.5) is 30.9 Å². The molecule has 1 saturated heterocycles. The first-order valence-corrected chi connectivity index (χ1v) is 12.7. The topological polar surface area (TPSA) is 110 Å². The molecule has 0 aliphatic carbocycles. The van der Waals surface area contributed by atoms with Gasteiger partial charge in [-0.05, 0) is 63.4 Å². The number of benzene rings is 1. The Bertz CT molecular complexity index is 1480. The second-order valence-corrected chi connectivity index (χ2v) is 10.7. The first-order chi connectivity index (χ1) is 18.6. The lowest BCUT2D eigenvalue weighted by Crippen LogP contribution is -2.51. The van der Waals surface area contributed by atoms with Gasteiger partial charge in [0.1, 0.15) is 17.2 Å². The quantitative estimate of drug-likeness (QED) is 0.369. The zero-order valence-corrected chi connectivity index (χ0v) is 22.2. The number of hydrogen-bond donors (Lipinski definition) is 2. The second kappa shape index (κ2) is 10.4. The van der Waals surface area contributed by atoms with Crippen molar-refractivity contribution in [2.75, 3.05) is 23.3 Å². The van der Waals surface area contributed by atoms with E-state index in [1.807, 2.05) is 26.8 Å². The molecule has 4 aromatic rings. The Morgan fingerprint density at radius 2 is 1.85 bits per heavy atom. The molecule has 12 heteroatoms. The molecule has 1 aliphatic heterocycles. The highest BCUT2D eigenvalue weighted by Crippen LogP contribution is 2.32. The minimum absolute atomic E-state index is 0.105. The maximum atomic E-state index is 14.4. The number of ether oxygens (including phenoxy) is 1. The third kappa shape index (κ3) is 5.89. The van der Waals surface area contributed by atoms with E-state index in [4.69, 9.17) is 4.74 Å². The van der Waals surface area contributed by atoms with E-state index in [0.717, 1.165) is 18.7 Å². The van der Waals surface area contributed by atoms with Crippen LogP contribution in [0.1, 0.15) is 34.1 Å². The Kier molecular flexibility index (Phi) is 7.02. The summed E-state index contributed by atoms with van der Waals surface area (Å²) in [6.45, 7) is 8.95. The van der Waals surface area contributed by atoms with E-state index in [1.165, 1.54) is 28.8 Å². The summed E-state index contributed by atoms with van der Waals surface area (Å²) in [5.41, 5.74) is 1.18. The van der Waals surface area contributed by atoms with Crippen molar-refractivity contribution in [2.24, 2.45) is 5.92 Å². The first kappa shape index (κ1) is 26.3. The molecule has 10 nitrogen and oxygen atoms in total. The molecule has 0 bridgehead atoms. The van der Waals surface area contributed by atoms with Gasteiger partial charge in [-0.25, -0.2) is 13.6 Å². The Morgan fingerprint density at radius 1 is 1.08 bits per heavy atom. The first-order valence-electron chi connectivity index (χ1n) is 12.7. The van der Waals surface area contributed by atoms with E-state index in [-0.39, 0.29) is 23.2 Å². The Balaban J connectivity index is 1.41. The van der Waals surface area contributed by atoms with Gasteiger partial charge in [-0.1, -0.05) is 13.0 Å². The predicted molar refractivity (Wildman–Crippen MR) is 143 cm³/mol. The van der Waals surface area contributed by atoms with Crippen molar-refractivity contribution in [1.82, 2.24) is 30.1 Å². The maximum Gasteiger partial charge on any atom is 0.407 e. The number of fused-ring (bicyclic) bond motifs is 1. The zero-order valence-electron chi connectivity index (χ0n) is 22.2. The van der Waals surface area contributed by atoms with Gasteiger partial charge in [0.25, 0.3) is 5.95 Å². The van der Waals surface area contributed by atoms with Crippen molar-refractivity contribution in [3.8, 4) is 11.3 Å². The second-order valence-electron chi connectivity index (χ2n) is 10.7. The van der Waals surface area contributed by atoms with E-state index in [0.29, 0.717) is 23.8 Å². The van der Waals surface area contributed by atoms with Crippen molar-refractivity contribution in [3.05, 3.63) is 60.4 Å². The minimum atomic E-state index is -0.715. The van der Waals surface area contributed by atoms with E-state index in [2.05, 4.69) is 42.7 Å². The Labute approximate surface area is 224 Å². The van der Waals surface area contributed by atoms with E-state index < -0.39 is 23.3 Å². The van der Waals surface area contributed by atoms with E-state index in [1.54, 1.807) is 18.5 Å². The maximum absolute atomic E-state index is 14.4. The van der Waals surface area contributed by atoms with E-state index >= 15 is 0 Å². The molecule has 1 amide bonds. The fourth-order valence-electron chi connectivity index (χ4n) is 4.75. The van der Waals surface area contributed by atoms with Crippen molar-refractivity contribution in [2.45, 2.75) is 45.8 Å². The van der Waals surface area contributed by atoms with Gasteiger partial charge < -0.3 is 20.3 Å². The zero-order chi connectivity index (χ0) is 27.7. The Hall–Kier alpha value is -4.35. The number of nitrogens with zero attached hydrogens (tertiary/aromatic N) is 6. The molecule has 0 radical (unpaired) electrons. The van der Waals surface area contributed by atoms with Crippen LogP contribution in [0, 0.1) is 17.6 Å². The summed E-state index contributed by atoms with van der Waals surface area (Å²) < 4.78 is 35.7. The highest BCUT2D eigenvalue weighted by atomic mass is 19.1. The number of nitrogens with one attached hydrogen (secondary N) is 2. The summed E-state index contributed by atoms with van der Waals surface area (Å²) in [5.74, 6) is -0.875. The third-order valence-corrected chi connectivity index (χ3v) is 6.25. The van der Waals surface area contributed by atoms with Crippen molar-refractivity contribution in [3.63, 3.8) is 0 Å². The number of pyridine rings is 1. The number of aromatic nitrogens is 5. The number of anilines is 3. The summed E-state index contributed by atoms with van der Waals surface area (Å²) >= 11 is 0. The Morgan fingerprint density at radius 3 is 2.59 bits per heavy atom. The summed E-state index contributed by atoms with van der Waals surface area (Å²) in [4.78, 5) is 18.8. The molecule has 0 saturated carbocycles. The van der Waals surface area contributed by atoms with Crippen LogP contribution >= 0.6 is 0 Å². The van der Waals surface area contributed by atoms with Crippen LogP contribution in [0.2, 0.25) is 0 Å². The normalized spacial score (nSPS) is 17.7. The summed E-state index contributed by atoms with van der Waals surface area (Å²) in [5, 5.41) is 18.9. The number of alkyl carbamates (subject to hydrolysis) is 1. The minimum Gasteiger partial charge on any atom is -0.444 e. The predicted octanol–water partition coefficient (Wildman–Crippen LogP) is 4.95. The van der Waals surface area contributed by atoms with Gasteiger partial charge in [-0.3, -0.25) is 4.98 Å². The molecule has 5 rings (SSSR count). The van der Waals surface area contributed by atoms with Crippen molar-refractivity contribution < 1.29 is 18.3 Å². The average molecular weight is 537 g/mol. The molecule has 0 spiro atoms. The smallest absolute Gasteiger partial charge is 0.407 e. The molecule has 1 fully saturated rings. The van der Waals surface area contributed by atoms with Crippen LogP contribution < -0.4 is 15.5 Å². The van der Waals surface area contributed by atoms with Gasteiger partial charge in [0, 0.05) is 25.3 Å². The fourth-order valence-corrected chi connectivity index (χ4v) is 4.75. The van der Waals surface area contributed by atoms with Crippen LogP contribution in [0.3, 0.4) is 0 Å². The number of hydrogen-bond acceptors (Lipinski definition) is 8. The summed E-state index contributed by atoms with van der Waals surface area (Å²) in [6, 6.07) is 8.52. The number of piperidine rings is 1. The largest absolute Gasteiger partial charge is 0.444 e. The molecule has 2 N–H and O–H groups in total. The lowest BCUT2D eigenvalue weighted by Gasteiger charge is -2.39. The van der Waals surface area contributed by atoms with Gasteiger partial charge in [0.15, 0.2) is 5.65 Å². The molecule has 4 heterocycles. The van der Waals surface area contributed by atoms with Crippen molar-refractivity contribution >= 4 is 29.1 Å². The van der Waals surface area contributed by atoms with Crippen LogP contribution in [0.5, 0.6) is 0 Å². The summed E-state index contributed by atoms with van der Waals surface area (Å²) in [7, 11) is 0. The van der Waals surface area contributed by atoms with Crippen LogP contribution in [-0.4, -0.2) is 55.6 Å². The van der Waals surface area contributed by atoms with Crippen LogP contribution in [0.25, 0.3) is 16.9 Å². The average Bonchev–Trinajstić information content (AvgIpc) is 3.25. The van der Waals surface area contributed by atoms with Gasteiger partial charge in [0.2, 0.25) is 0 Å². The standard InChI is InChI=1S/C27H30F2N8O2/c1-16-12-17(31-26(38)39-27(2,3)4)15-36(14-16)22-10-11-30-13-21(22)32-25-34-33-23-9-8-20(35-37(23)25)24-18(28)6-5-7-19(24)29/h5-11,13,16-17H,12,14-15H2,1-4H3,(H,31,38)(H,32,34)/t16-,17+/m1/s1. The number of amides is 1. The molecule has 39 heavy (non-hydrogen) atoms. The van der Waals surface area contributed by atoms with E-state index in [9.17, 15) is 13.6 Å². The number of carbonyl (C=O) groups is 1. The van der Waals surface area contributed by atoms with Gasteiger partial charge in [-0.2, -0.15) is 9.61 Å². The fraction of sp³-hybridized carbons (Fsp3) is 0.370. The molecular formula is C27H30F2N8O2. The lowest BCUT2D eigenvalue weighted by molar-refractivity contribution is 0.0495. The molecule has 1 aliphatic rings. The highest BCUT2D eigenvalue weighted by Gasteiger charge is 2.29. The van der Waals surface area contributed by atoms with Crippen LogP contribution in [0.15, 0.2) is 48.8 Å². The molecule has 1 aromatic carbocycles. The lowest BCUT2D eigenvalue weighted by atomic mass is 9.95. The van der Waals surface area contributed by atoms with Crippen molar-refractivity contribution in [1.29, 1.82) is 0 Å². The SMILES string of the molecule is C[C@@H]1C[C@H](NC(=O)OC(C)(C)C)CN(c2ccncc2Nc2nnc3ccc(-c4c(F)cccc4F)nn23)C1. The molecule has 3 aromatic heterocycles. The monoisotopic (exact) mass is 536 g/mol. The van der Waals surface area contributed by atoms with Gasteiger partial charge in [0.05, 0.1) is 28.8 Å². The number of halogens is 2. The van der Waals surface area contributed by atoms with Gasteiger partial charge >= 0.3 is 6.09 Å². The van der Waals surface area contributed by atoms with Gasteiger partial charge in [-0.15, -0.1) is 10.2 Å². The summed E-state index contributed by atoms with van der Waals surface area (Å²) in [6.07, 6.45) is 3.72. The molecule has 0 unspecified atom stereocenters. The molecular weight excluding hydrogens is 506 g/mol. The number of rotatable bonds is 5. The number of carbonyl (C=O) groups excluding carboxylic acids is 1. The highest BCUT2D eigenvalue weighted by molar-refractivity contribution is 5.74. The third-order valence-electron chi connectivity index (χ3n) is 6.25.